The van der Waals surface area contributed by atoms with E-state index in [1.165, 1.54) is 32.1 Å². The molecular weight excluding hydrogens is 571 g/mol. The zero-order chi connectivity index (χ0) is 32.6. The van der Waals surface area contributed by atoms with Gasteiger partial charge < -0.3 is 5.11 Å². The van der Waals surface area contributed by atoms with Gasteiger partial charge in [-0.2, -0.15) is 0 Å². The SMILES string of the molecule is CC(C)(C)c1cc(C#CCCC(C)(C2CCC3C=CC=CC32)C2C3C=CC=CC3C3C=CC=CC32)cc(C=NC2CCCCC2)c1O. The first kappa shape index (κ1) is 32.2. The van der Waals surface area contributed by atoms with E-state index in [0.29, 0.717) is 59.1 Å². The van der Waals surface area contributed by atoms with E-state index in [0.717, 1.165) is 42.4 Å². The number of nitrogens with zero attached hydrogens (tertiary/aromatic N) is 1. The summed E-state index contributed by atoms with van der Waals surface area (Å²) in [4.78, 5) is 4.93. The first-order chi connectivity index (χ1) is 22.7. The standard InChI is InChI=1S/C45H55NO/c1-44(2,3)41-29-31(28-33(43(41)47)30-46-34-18-6-5-7-19-34)16-14-15-27-45(4,40-26-25-32-17-8-9-20-35(32)40)42-38-23-12-10-21-36(38)37-22-11-13-24-39(37)42/h8-13,17,20-24,28-30,32,34-40,42,47H,5-7,15,18-19,25-27H2,1-4H3. The molecule has 0 bridgehead atoms. The van der Waals surface area contributed by atoms with Crippen LogP contribution in [0.15, 0.2) is 90.0 Å². The summed E-state index contributed by atoms with van der Waals surface area (Å²) in [6, 6.07) is 4.55. The minimum atomic E-state index is -0.186. The summed E-state index contributed by atoms with van der Waals surface area (Å²) >= 11 is 0. The van der Waals surface area contributed by atoms with Crippen molar-refractivity contribution in [2.24, 2.45) is 57.8 Å². The number of aromatic hydroxyl groups is 1. The van der Waals surface area contributed by atoms with Crippen LogP contribution in [-0.2, 0) is 5.41 Å². The van der Waals surface area contributed by atoms with Crippen LogP contribution in [0.3, 0.4) is 0 Å². The van der Waals surface area contributed by atoms with Crippen molar-refractivity contribution in [1.82, 2.24) is 0 Å². The third kappa shape index (κ3) is 6.33. The number of benzene rings is 1. The van der Waals surface area contributed by atoms with Crippen LogP contribution in [0.25, 0.3) is 0 Å². The molecule has 246 valence electrons. The summed E-state index contributed by atoms with van der Waals surface area (Å²) in [6.07, 6.45) is 41.5. The highest BCUT2D eigenvalue weighted by Gasteiger charge is 2.58. The first-order valence-corrected chi connectivity index (χ1v) is 18.7. The average molecular weight is 626 g/mol. The highest BCUT2D eigenvalue weighted by atomic mass is 16.3. The maximum Gasteiger partial charge on any atom is 0.128 e. The molecule has 0 radical (unpaired) electrons. The van der Waals surface area contributed by atoms with Crippen molar-refractivity contribution in [3.8, 4) is 17.6 Å². The third-order valence-corrected chi connectivity index (χ3v) is 12.9. The Morgan fingerprint density at radius 3 is 2.02 bits per heavy atom. The van der Waals surface area contributed by atoms with E-state index in [4.69, 9.17) is 4.99 Å². The van der Waals surface area contributed by atoms with Crippen molar-refractivity contribution in [2.45, 2.75) is 96.9 Å². The maximum atomic E-state index is 11.3. The van der Waals surface area contributed by atoms with Crippen molar-refractivity contribution >= 4 is 6.21 Å². The molecule has 1 N–H and O–H groups in total. The highest BCUT2D eigenvalue weighted by molar-refractivity contribution is 5.85. The summed E-state index contributed by atoms with van der Waals surface area (Å²) < 4.78 is 0. The van der Waals surface area contributed by atoms with Crippen LogP contribution < -0.4 is 0 Å². The molecule has 3 fully saturated rings. The van der Waals surface area contributed by atoms with E-state index in [9.17, 15) is 5.11 Å². The van der Waals surface area contributed by atoms with Gasteiger partial charge in [-0.15, -0.1) is 0 Å². The zero-order valence-corrected chi connectivity index (χ0v) is 29.1. The fourth-order valence-electron chi connectivity index (χ4n) is 10.5. The van der Waals surface area contributed by atoms with Crippen molar-refractivity contribution in [3.63, 3.8) is 0 Å². The van der Waals surface area contributed by atoms with E-state index in [1.54, 1.807) is 0 Å². The van der Waals surface area contributed by atoms with Crippen LogP contribution in [0.5, 0.6) is 5.75 Å². The number of fused-ring (bicyclic) bond motifs is 4. The molecule has 1 aromatic rings. The van der Waals surface area contributed by atoms with Crippen molar-refractivity contribution in [3.05, 3.63) is 102 Å². The van der Waals surface area contributed by atoms with Gasteiger partial charge in [-0.3, -0.25) is 4.99 Å². The van der Waals surface area contributed by atoms with Gasteiger partial charge in [0.1, 0.15) is 5.75 Å². The Balaban J connectivity index is 1.19. The Morgan fingerprint density at radius 1 is 0.745 bits per heavy atom. The third-order valence-electron chi connectivity index (χ3n) is 12.9. The van der Waals surface area contributed by atoms with Gasteiger partial charge >= 0.3 is 0 Å². The lowest BCUT2D eigenvalue weighted by Gasteiger charge is -2.48. The van der Waals surface area contributed by atoms with Gasteiger partial charge in [0.2, 0.25) is 0 Å². The summed E-state index contributed by atoms with van der Waals surface area (Å²) in [7, 11) is 0. The molecule has 0 amide bonds. The maximum absolute atomic E-state index is 11.3. The van der Waals surface area contributed by atoms with Gasteiger partial charge in [0.05, 0.1) is 0 Å². The van der Waals surface area contributed by atoms with Crippen LogP contribution in [0, 0.1) is 64.6 Å². The second kappa shape index (κ2) is 13.3. The number of rotatable bonds is 6. The molecule has 7 rings (SSSR count). The number of phenolic OH excluding ortho intramolecular Hbond substituents is 1. The van der Waals surface area contributed by atoms with E-state index in [-0.39, 0.29) is 10.8 Å². The normalized spacial score (nSPS) is 33.8. The summed E-state index contributed by atoms with van der Waals surface area (Å²) in [5.74, 6) is 12.5. The van der Waals surface area contributed by atoms with Gasteiger partial charge in [0.25, 0.3) is 0 Å². The fraction of sp³-hybridized carbons (Fsp3) is 0.533. The summed E-state index contributed by atoms with van der Waals surface area (Å²) in [6.45, 7) is 9.15. The predicted molar refractivity (Wildman–Crippen MR) is 197 cm³/mol. The topological polar surface area (TPSA) is 32.6 Å². The van der Waals surface area contributed by atoms with Gasteiger partial charge in [0, 0.05) is 35.4 Å². The summed E-state index contributed by atoms with van der Waals surface area (Å²) in [5, 5.41) is 11.3. The Morgan fingerprint density at radius 2 is 1.36 bits per heavy atom. The molecule has 6 aliphatic carbocycles. The van der Waals surface area contributed by atoms with Crippen molar-refractivity contribution < 1.29 is 5.11 Å². The smallest absolute Gasteiger partial charge is 0.128 e. The Labute approximate surface area is 284 Å². The molecule has 0 heterocycles. The molecule has 8 unspecified atom stereocenters. The van der Waals surface area contributed by atoms with Crippen LogP contribution in [0.2, 0.25) is 0 Å². The lowest BCUT2D eigenvalue weighted by Crippen LogP contribution is -2.42. The molecule has 8 atom stereocenters. The van der Waals surface area contributed by atoms with Crippen LogP contribution in [-0.4, -0.2) is 17.4 Å². The zero-order valence-electron chi connectivity index (χ0n) is 29.1. The highest BCUT2D eigenvalue weighted by Crippen LogP contribution is 2.64. The van der Waals surface area contributed by atoms with Gasteiger partial charge in [-0.25, -0.2) is 0 Å². The molecule has 2 heteroatoms. The second-order valence-corrected chi connectivity index (χ2v) is 16.7. The quantitative estimate of drug-likeness (QED) is 0.248. The van der Waals surface area contributed by atoms with Crippen molar-refractivity contribution in [1.29, 1.82) is 0 Å². The molecule has 6 aliphatic rings. The Bertz CT molecular complexity index is 1560. The molecule has 0 spiro atoms. The number of allylic oxidation sites excluding steroid dienone is 12. The van der Waals surface area contributed by atoms with Gasteiger partial charge in [-0.05, 0) is 102 Å². The molecule has 0 aromatic heterocycles. The van der Waals surface area contributed by atoms with Crippen molar-refractivity contribution in [2.75, 3.05) is 0 Å². The average Bonchev–Trinajstić information content (AvgIpc) is 3.67. The molecular formula is C45H55NO. The molecule has 2 nitrogen and oxygen atoms in total. The number of aliphatic imine (C=N–C) groups is 1. The van der Waals surface area contributed by atoms with E-state index < -0.39 is 0 Å². The molecule has 47 heavy (non-hydrogen) atoms. The predicted octanol–water partition coefficient (Wildman–Crippen LogP) is 10.7. The van der Waals surface area contributed by atoms with E-state index in [1.807, 2.05) is 6.21 Å². The number of phenols is 1. The monoisotopic (exact) mass is 625 g/mol. The molecule has 0 aliphatic heterocycles. The number of hydrogen-bond donors (Lipinski definition) is 1. The van der Waals surface area contributed by atoms with Crippen LogP contribution in [0.4, 0.5) is 0 Å². The van der Waals surface area contributed by atoms with Gasteiger partial charge in [0.15, 0.2) is 0 Å². The lowest BCUT2D eigenvalue weighted by molar-refractivity contribution is 0.0295. The minimum Gasteiger partial charge on any atom is -0.507 e. The van der Waals surface area contributed by atoms with E-state index in [2.05, 4.69) is 125 Å². The fourth-order valence-corrected chi connectivity index (χ4v) is 10.5. The van der Waals surface area contributed by atoms with Gasteiger partial charge in [-0.1, -0.05) is 132 Å². The molecule has 0 saturated heterocycles. The Kier molecular flexibility index (Phi) is 9.13. The molecule has 3 saturated carbocycles. The first-order valence-electron chi connectivity index (χ1n) is 18.7. The Hall–Kier alpha value is -3.31. The minimum absolute atomic E-state index is 0.167. The van der Waals surface area contributed by atoms with E-state index >= 15 is 0 Å². The lowest BCUT2D eigenvalue weighted by atomic mass is 9.56. The summed E-state index contributed by atoms with van der Waals surface area (Å²) in [5.41, 5.74) is 2.73. The van der Waals surface area contributed by atoms with Crippen LogP contribution in [0.1, 0.15) is 102 Å². The molecule has 1 aromatic carbocycles. The van der Waals surface area contributed by atoms with Crippen LogP contribution >= 0.6 is 0 Å². The largest absolute Gasteiger partial charge is 0.507 e. The second-order valence-electron chi connectivity index (χ2n) is 16.7. The number of hydrogen-bond acceptors (Lipinski definition) is 2.